The maximum absolute atomic E-state index is 12.5. The van der Waals surface area contributed by atoms with Crippen LogP contribution in [0.25, 0.3) is 0 Å². The summed E-state index contributed by atoms with van der Waals surface area (Å²) < 4.78 is 5.79. The van der Waals surface area contributed by atoms with Crippen molar-refractivity contribution in [3.8, 4) is 5.75 Å². The first-order valence-corrected chi connectivity index (χ1v) is 9.02. The molecule has 0 aliphatic heterocycles. The number of carbonyl (C=O) groups is 1. The molecule has 4 nitrogen and oxygen atoms in total. The van der Waals surface area contributed by atoms with Crippen LogP contribution in [0.4, 0.5) is 0 Å². The van der Waals surface area contributed by atoms with Crippen molar-refractivity contribution in [3.63, 3.8) is 0 Å². The fraction of sp³-hybridized carbons (Fsp3) is 0.350. The number of amides is 1. The second-order valence-electron chi connectivity index (χ2n) is 6.53. The number of benzene rings is 2. The normalized spacial score (nSPS) is 19.3. The molecule has 2 aromatic rings. The van der Waals surface area contributed by atoms with Gasteiger partial charge in [-0.05, 0) is 61.6 Å². The van der Waals surface area contributed by atoms with Crippen molar-refractivity contribution in [2.24, 2.45) is 5.73 Å². The molecular weight excluding hydrogens is 371 g/mol. The van der Waals surface area contributed by atoms with Crippen LogP contribution in [0.5, 0.6) is 5.75 Å². The van der Waals surface area contributed by atoms with E-state index in [9.17, 15) is 4.79 Å². The molecule has 1 fully saturated rings. The van der Waals surface area contributed by atoms with Gasteiger partial charge in [-0.2, -0.15) is 0 Å². The number of carbonyl (C=O) groups excluding carboxylic acids is 1. The first-order valence-electron chi connectivity index (χ1n) is 8.64. The highest BCUT2D eigenvalue weighted by Gasteiger charge is 2.20. The van der Waals surface area contributed by atoms with Crippen LogP contribution in [0.1, 0.15) is 41.6 Å². The van der Waals surface area contributed by atoms with E-state index in [2.05, 4.69) is 5.32 Å². The third-order valence-corrected chi connectivity index (χ3v) is 4.73. The fourth-order valence-corrected chi connectivity index (χ4v) is 3.27. The van der Waals surface area contributed by atoms with E-state index in [4.69, 9.17) is 22.1 Å². The lowest BCUT2D eigenvalue weighted by Crippen LogP contribution is -2.40. The van der Waals surface area contributed by atoms with Crippen molar-refractivity contribution in [2.75, 3.05) is 0 Å². The van der Waals surface area contributed by atoms with Gasteiger partial charge in [-0.1, -0.05) is 29.8 Å². The van der Waals surface area contributed by atoms with Gasteiger partial charge in [-0.25, -0.2) is 0 Å². The van der Waals surface area contributed by atoms with Crippen LogP contribution in [-0.2, 0) is 6.61 Å². The molecule has 0 spiro atoms. The third-order valence-electron chi connectivity index (χ3n) is 4.50. The summed E-state index contributed by atoms with van der Waals surface area (Å²) in [4.78, 5) is 12.5. The Balaban J connectivity index is 0.00000243. The molecule has 3 N–H and O–H groups in total. The average molecular weight is 395 g/mol. The highest BCUT2D eigenvalue weighted by Crippen LogP contribution is 2.19. The van der Waals surface area contributed by atoms with Gasteiger partial charge in [0.05, 0.1) is 0 Å². The van der Waals surface area contributed by atoms with Gasteiger partial charge >= 0.3 is 0 Å². The Morgan fingerprint density at radius 3 is 2.58 bits per heavy atom. The molecule has 1 saturated carbocycles. The maximum atomic E-state index is 12.5. The first-order chi connectivity index (χ1) is 12.1. The molecule has 0 atom stereocenters. The van der Waals surface area contributed by atoms with Gasteiger partial charge in [0.25, 0.3) is 5.91 Å². The Kier molecular flexibility index (Phi) is 7.76. The van der Waals surface area contributed by atoms with Gasteiger partial charge < -0.3 is 15.8 Å². The molecule has 1 aliphatic rings. The molecule has 0 radical (unpaired) electrons. The average Bonchev–Trinajstić information content (AvgIpc) is 2.62. The second kappa shape index (κ2) is 9.81. The van der Waals surface area contributed by atoms with E-state index in [-0.39, 0.29) is 30.4 Å². The Morgan fingerprint density at radius 2 is 1.85 bits per heavy atom. The quantitative estimate of drug-likeness (QED) is 0.792. The van der Waals surface area contributed by atoms with Crippen LogP contribution in [0.3, 0.4) is 0 Å². The van der Waals surface area contributed by atoms with Crippen molar-refractivity contribution >= 4 is 29.9 Å². The van der Waals surface area contributed by atoms with Crippen LogP contribution >= 0.6 is 24.0 Å². The third kappa shape index (κ3) is 5.90. The topological polar surface area (TPSA) is 64.3 Å². The summed E-state index contributed by atoms with van der Waals surface area (Å²) in [5.74, 6) is 0.604. The van der Waals surface area contributed by atoms with Crippen molar-refractivity contribution in [1.29, 1.82) is 0 Å². The number of rotatable bonds is 5. The standard InChI is InChI=1S/C20H23ClN2O2.ClH/c21-16-5-1-3-14(11-16)13-25-19-6-2-4-15(12-19)20(24)23-18-9-7-17(22)8-10-18;/h1-6,11-12,17-18H,7-10,13,22H2,(H,23,24);1H. The van der Waals surface area contributed by atoms with Crippen molar-refractivity contribution in [2.45, 2.75) is 44.4 Å². The molecule has 0 unspecified atom stereocenters. The van der Waals surface area contributed by atoms with Crippen LogP contribution in [0, 0.1) is 0 Å². The van der Waals surface area contributed by atoms with E-state index in [0.29, 0.717) is 22.9 Å². The predicted molar refractivity (Wildman–Crippen MR) is 107 cm³/mol. The Morgan fingerprint density at radius 1 is 1.12 bits per heavy atom. The molecule has 0 aromatic heterocycles. The van der Waals surface area contributed by atoms with Crippen molar-refractivity contribution in [1.82, 2.24) is 5.32 Å². The van der Waals surface area contributed by atoms with Crippen LogP contribution in [0.15, 0.2) is 48.5 Å². The highest BCUT2D eigenvalue weighted by molar-refractivity contribution is 6.30. The summed E-state index contributed by atoms with van der Waals surface area (Å²) in [6.07, 6.45) is 3.82. The van der Waals surface area contributed by atoms with Gasteiger partial charge in [-0.3, -0.25) is 4.79 Å². The van der Waals surface area contributed by atoms with Crippen LogP contribution < -0.4 is 15.8 Å². The zero-order chi connectivity index (χ0) is 17.6. The lowest BCUT2D eigenvalue weighted by molar-refractivity contribution is 0.0925. The van der Waals surface area contributed by atoms with Gasteiger partial charge in [-0.15, -0.1) is 12.4 Å². The Hall–Kier alpha value is -1.75. The molecule has 1 aliphatic carbocycles. The molecule has 26 heavy (non-hydrogen) atoms. The lowest BCUT2D eigenvalue weighted by Gasteiger charge is -2.26. The zero-order valence-electron chi connectivity index (χ0n) is 14.5. The second-order valence-corrected chi connectivity index (χ2v) is 6.97. The van der Waals surface area contributed by atoms with Gasteiger partial charge in [0.15, 0.2) is 0 Å². The summed E-state index contributed by atoms with van der Waals surface area (Å²) >= 11 is 5.98. The number of hydrogen-bond acceptors (Lipinski definition) is 3. The fourth-order valence-electron chi connectivity index (χ4n) is 3.05. The highest BCUT2D eigenvalue weighted by atomic mass is 35.5. The van der Waals surface area contributed by atoms with Crippen LogP contribution in [0.2, 0.25) is 5.02 Å². The zero-order valence-corrected chi connectivity index (χ0v) is 16.1. The molecule has 1 amide bonds. The van der Waals surface area contributed by atoms with E-state index in [0.717, 1.165) is 31.2 Å². The summed E-state index contributed by atoms with van der Waals surface area (Å²) in [5.41, 5.74) is 7.51. The smallest absolute Gasteiger partial charge is 0.251 e. The molecule has 140 valence electrons. The monoisotopic (exact) mass is 394 g/mol. The number of nitrogens with one attached hydrogen (secondary N) is 1. The number of halogens is 2. The van der Waals surface area contributed by atoms with Gasteiger partial charge in [0.1, 0.15) is 12.4 Å². The molecule has 2 aromatic carbocycles. The van der Waals surface area contributed by atoms with E-state index < -0.39 is 0 Å². The number of nitrogens with two attached hydrogens (primary N) is 1. The summed E-state index contributed by atoms with van der Waals surface area (Å²) in [6, 6.07) is 15.3. The van der Waals surface area contributed by atoms with E-state index in [1.54, 1.807) is 12.1 Å². The van der Waals surface area contributed by atoms with E-state index >= 15 is 0 Å². The Bertz CT molecular complexity index is 731. The Labute approximate surface area is 165 Å². The molecule has 3 rings (SSSR count). The summed E-state index contributed by atoms with van der Waals surface area (Å²) in [7, 11) is 0. The van der Waals surface area contributed by atoms with Crippen LogP contribution in [-0.4, -0.2) is 18.0 Å². The summed E-state index contributed by atoms with van der Waals surface area (Å²) in [5, 5.41) is 3.78. The summed E-state index contributed by atoms with van der Waals surface area (Å²) in [6.45, 7) is 0.409. The molecule has 0 saturated heterocycles. The maximum Gasteiger partial charge on any atom is 0.251 e. The van der Waals surface area contributed by atoms with Crippen molar-refractivity contribution < 1.29 is 9.53 Å². The van der Waals surface area contributed by atoms with E-state index in [1.165, 1.54) is 0 Å². The predicted octanol–water partition coefficient (Wildman–Crippen LogP) is 4.34. The number of hydrogen-bond donors (Lipinski definition) is 2. The van der Waals surface area contributed by atoms with Gasteiger partial charge in [0.2, 0.25) is 0 Å². The van der Waals surface area contributed by atoms with E-state index in [1.807, 2.05) is 36.4 Å². The largest absolute Gasteiger partial charge is 0.489 e. The molecule has 0 bridgehead atoms. The number of ether oxygens (including phenoxy) is 1. The van der Waals surface area contributed by atoms with Crippen molar-refractivity contribution in [3.05, 3.63) is 64.7 Å². The minimum atomic E-state index is -0.0614. The molecular formula is C20H24Cl2N2O2. The molecule has 0 heterocycles. The first kappa shape index (κ1) is 20.6. The SMILES string of the molecule is Cl.NC1CCC(NC(=O)c2cccc(OCc3cccc(Cl)c3)c2)CC1. The minimum Gasteiger partial charge on any atom is -0.489 e. The minimum absolute atomic E-state index is 0. The van der Waals surface area contributed by atoms with Gasteiger partial charge in [0, 0.05) is 22.7 Å². The molecule has 6 heteroatoms. The lowest BCUT2D eigenvalue weighted by atomic mass is 9.91.